The van der Waals surface area contributed by atoms with Crippen LogP contribution >= 0.6 is 0 Å². The molecule has 1 N–H and O–H groups in total. The van der Waals surface area contributed by atoms with Crippen LogP contribution in [0.1, 0.15) is 48.8 Å². The molecule has 42 heavy (non-hydrogen) atoms. The molecular formula is C32H38N2O8. The number of aromatic nitrogens is 1. The van der Waals surface area contributed by atoms with E-state index in [9.17, 15) is 14.4 Å². The SMILES string of the molecule is CC[C@H](NC(=O)c1nccc(OC)c1OC(C)=O)C(=O)O[C@@H](C)C(Cc1ccc(OC)cc1)Cc1ccc(OC)cc1. The number of carbonyl (C=O) groups is 3. The van der Waals surface area contributed by atoms with E-state index >= 15 is 0 Å². The summed E-state index contributed by atoms with van der Waals surface area (Å²) in [4.78, 5) is 42.1. The molecule has 0 aliphatic rings. The Balaban J connectivity index is 1.77. The Morgan fingerprint density at radius 3 is 1.83 bits per heavy atom. The Kier molecular flexibility index (Phi) is 11.7. The maximum atomic E-state index is 13.3. The normalized spacial score (nSPS) is 12.2. The number of benzene rings is 2. The molecule has 0 radical (unpaired) electrons. The lowest BCUT2D eigenvalue weighted by atomic mass is 9.88. The standard InChI is InChI=1S/C32H38N2O8/c1-7-27(34-31(36)29-30(42-21(3)35)28(40-6)16-17-33-29)32(37)41-20(2)24(18-22-8-12-25(38-4)13-9-22)19-23-10-14-26(39-5)15-11-23/h8-17,20,24,27H,7,18-19H2,1-6H3,(H,34,36)/t20-,27-/m0/s1. The van der Waals surface area contributed by atoms with E-state index in [0.717, 1.165) is 22.6 Å². The summed E-state index contributed by atoms with van der Waals surface area (Å²) in [6.07, 6.45) is 2.43. The van der Waals surface area contributed by atoms with Crippen molar-refractivity contribution in [3.63, 3.8) is 0 Å². The number of hydrogen-bond donors (Lipinski definition) is 1. The summed E-state index contributed by atoms with van der Waals surface area (Å²) in [5.41, 5.74) is 1.96. The zero-order chi connectivity index (χ0) is 30.6. The minimum Gasteiger partial charge on any atom is -0.497 e. The number of amides is 1. The van der Waals surface area contributed by atoms with Crippen molar-refractivity contribution in [1.82, 2.24) is 10.3 Å². The van der Waals surface area contributed by atoms with Gasteiger partial charge in [-0.3, -0.25) is 9.59 Å². The highest BCUT2D eigenvalue weighted by atomic mass is 16.6. The molecule has 3 rings (SSSR count). The van der Waals surface area contributed by atoms with Crippen molar-refractivity contribution in [2.75, 3.05) is 21.3 Å². The summed E-state index contributed by atoms with van der Waals surface area (Å²) in [7, 11) is 4.62. The van der Waals surface area contributed by atoms with Gasteiger partial charge in [-0.1, -0.05) is 31.2 Å². The molecule has 0 fully saturated rings. The number of ether oxygens (including phenoxy) is 5. The van der Waals surface area contributed by atoms with Crippen LogP contribution in [-0.4, -0.2) is 56.3 Å². The minimum atomic E-state index is -0.958. The Morgan fingerprint density at radius 2 is 1.38 bits per heavy atom. The van der Waals surface area contributed by atoms with Crippen LogP contribution in [0.4, 0.5) is 0 Å². The lowest BCUT2D eigenvalue weighted by molar-refractivity contribution is -0.153. The molecule has 0 saturated heterocycles. The van der Waals surface area contributed by atoms with E-state index in [1.165, 1.54) is 26.3 Å². The van der Waals surface area contributed by atoms with E-state index in [4.69, 9.17) is 23.7 Å². The van der Waals surface area contributed by atoms with Gasteiger partial charge in [0.1, 0.15) is 23.6 Å². The average Bonchev–Trinajstić information content (AvgIpc) is 2.99. The molecule has 3 aromatic rings. The third-order valence-corrected chi connectivity index (χ3v) is 6.83. The quantitative estimate of drug-likeness (QED) is 0.274. The summed E-state index contributed by atoms with van der Waals surface area (Å²) in [6.45, 7) is 4.82. The maximum Gasteiger partial charge on any atom is 0.328 e. The summed E-state index contributed by atoms with van der Waals surface area (Å²) < 4.78 is 26.9. The average molecular weight is 579 g/mol. The van der Waals surface area contributed by atoms with Crippen LogP contribution in [0, 0.1) is 5.92 Å². The molecule has 2 aromatic carbocycles. The van der Waals surface area contributed by atoms with Crippen molar-refractivity contribution < 1.29 is 38.1 Å². The number of methoxy groups -OCH3 is 3. The Bertz CT molecular complexity index is 1290. The third-order valence-electron chi connectivity index (χ3n) is 6.83. The van der Waals surface area contributed by atoms with Gasteiger partial charge in [0.2, 0.25) is 5.75 Å². The predicted molar refractivity (Wildman–Crippen MR) is 156 cm³/mol. The van der Waals surface area contributed by atoms with Crippen LogP contribution in [0.5, 0.6) is 23.0 Å². The van der Waals surface area contributed by atoms with Crippen molar-refractivity contribution in [2.24, 2.45) is 5.92 Å². The number of nitrogens with one attached hydrogen (secondary N) is 1. The number of carbonyl (C=O) groups excluding carboxylic acids is 3. The van der Waals surface area contributed by atoms with Gasteiger partial charge in [0.25, 0.3) is 5.91 Å². The summed E-state index contributed by atoms with van der Waals surface area (Å²) in [5.74, 6) is -0.438. The smallest absolute Gasteiger partial charge is 0.328 e. The number of pyridine rings is 1. The molecule has 2 atom stereocenters. The van der Waals surface area contributed by atoms with Gasteiger partial charge in [-0.25, -0.2) is 9.78 Å². The van der Waals surface area contributed by atoms with Crippen molar-refractivity contribution in [3.8, 4) is 23.0 Å². The highest BCUT2D eigenvalue weighted by Gasteiger charge is 2.29. The molecule has 1 amide bonds. The van der Waals surface area contributed by atoms with Crippen LogP contribution in [0.15, 0.2) is 60.8 Å². The van der Waals surface area contributed by atoms with E-state index in [2.05, 4.69) is 10.3 Å². The highest BCUT2D eigenvalue weighted by molar-refractivity contribution is 5.98. The topological polar surface area (TPSA) is 122 Å². The molecule has 0 bridgehead atoms. The molecule has 1 aromatic heterocycles. The lowest BCUT2D eigenvalue weighted by Gasteiger charge is -2.27. The minimum absolute atomic E-state index is 0.0698. The van der Waals surface area contributed by atoms with Gasteiger partial charge in [-0.2, -0.15) is 0 Å². The Hall–Kier alpha value is -4.60. The molecule has 224 valence electrons. The van der Waals surface area contributed by atoms with Gasteiger partial charge < -0.3 is 29.0 Å². The van der Waals surface area contributed by atoms with Crippen LogP contribution in [-0.2, 0) is 27.2 Å². The van der Waals surface area contributed by atoms with Crippen LogP contribution < -0.4 is 24.3 Å². The Labute approximate surface area is 246 Å². The van der Waals surface area contributed by atoms with E-state index in [-0.39, 0.29) is 29.5 Å². The fourth-order valence-electron chi connectivity index (χ4n) is 4.44. The van der Waals surface area contributed by atoms with E-state index in [1.807, 2.05) is 55.5 Å². The van der Waals surface area contributed by atoms with Crippen LogP contribution in [0.25, 0.3) is 0 Å². The van der Waals surface area contributed by atoms with E-state index < -0.39 is 30.0 Å². The second kappa shape index (κ2) is 15.4. The first-order valence-corrected chi connectivity index (χ1v) is 13.7. The molecule has 0 unspecified atom stereocenters. The first kappa shape index (κ1) is 31.9. The predicted octanol–water partition coefficient (Wildman–Crippen LogP) is 4.57. The maximum absolute atomic E-state index is 13.3. The second-order valence-electron chi connectivity index (χ2n) is 9.73. The van der Waals surface area contributed by atoms with Gasteiger partial charge >= 0.3 is 11.9 Å². The lowest BCUT2D eigenvalue weighted by Crippen LogP contribution is -2.43. The second-order valence-corrected chi connectivity index (χ2v) is 9.73. The number of rotatable bonds is 14. The van der Waals surface area contributed by atoms with Crippen LogP contribution in [0.2, 0.25) is 0 Å². The van der Waals surface area contributed by atoms with Crippen molar-refractivity contribution in [3.05, 3.63) is 77.6 Å². The van der Waals surface area contributed by atoms with E-state index in [1.54, 1.807) is 21.1 Å². The number of esters is 2. The molecule has 0 aliphatic carbocycles. The molecule has 0 saturated carbocycles. The zero-order valence-corrected chi connectivity index (χ0v) is 24.8. The van der Waals surface area contributed by atoms with Crippen molar-refractivity contribution in [1.29, 1.82) is 0 Å². The molecule has 1 heterocycles. The fourth-order valence-corrected chi connectivity index (χ4v) is 4.44. The molecule has 10 heteroatoms. The van der Waals surface area contributed by atoms with Gasteiger partial charge in [-0.05, 0) is 61.6 Å². The number of nitrogens with zero attached hydrogens (tertiary/aromatic N) is 1. The highest BCUT2D eigenvalue weighted by Crippen LogP contribution is 2.30. The molecular weight excluding hydrogens is 540 g/mol. The van der Waals surface area contributed by atoms with E-state index in [0.29, 0.717) is 12.8 Å². The summed E-state index contributed by atoms with van der Waals surface area (Å²) in [5, 5.41) is 2.67. The van der Waals surface area contributed by atoms with Gasteiger partial charge in [0, 0.05) is 25.1 Å². The van der Waals surface area contributed by atoms with Gasteiger partial charge in [0.05, 0.1) is 21.3 Å². The molecule has 0 aliphatic heterocycles. The monoisotopic (exact) mass is 578 g/mol. The van der Waals surface area contributed by atoms with Crippen molar-refractivity contribution >= 4 is 17.8 Å². The van der Waals surface area contributed by atoms with Gasteiger partial charge in [-0.15, -0.1) is 0 Å². The first-order valence-electron chi connectivity index (χ1n) is 13.7. The van der Waals surface area contributed by atoms with Gasteiger partial charge in [0.15, 0.2) is 11.4 Å². The first-order chi connectivity index (χ1) is 20.2. The largest absolute Gasteiger partial charge is 0.497 e. The molecule has 0 spiro atoms. The summed E-state index contributed by atoms with van der Waals surface area (Å²) >= 11 is 0. The fraction of sp³-hybridized carbons (Fsp3) is 0.375. The summed E-state index contributed by atoms with van der Waals surface area (Å²) in [6, 6.07) is 16.1. The third kappa shape index (κ3) is 8.70. The van der Waals surface area contributed by atoms with Crippen molar-refractivity contribution in [2.45, 2.75) is 52.2 Å². The van der Waals surface area contributed by atoms with Crippen LogP contribution in [0.3, 0.4) is 0 Å². The molecule has 10 nitrogen and oxygen atoms in total. The number of hydrogen-bond acceptors (Lipinski definition) is 9. The Morgan fingerprint density at radius 1 is 0.833 bits per heavy atom. The zero-order valence-electron chi connectivity index (χ0n) is 24.8.